The Kier molecular flexibility index (Phi) is 9.29. The van der Waals surface area contributed by atoms with Gasteiger partial charge in [-0.15, -0.1) is 0 Å². The van der Waals surface area contributed by atoms with E-state index in [1.807, 2.05) is 0 Å². The predicted molar refractivity (Wildman–Crippen MR) is 126 cm³/mol. The van der Waals surface area contributed by atoms with Gasteiger partial charge in [0, 0.05) is 0 Å². The minimum absolute atomic E-state index is 0.686. The molecule has 0 aliphatic carbocycles. The van der Waals surface area contributed by atoms with Gasteiger partial charge in [-0.1, -0.05) is 77.9 Å². The third-order valence-electron chi connectivity index (χ3n) is 6.57. The number of hydrogen-bond donors (Lipinski definition) is 0. The molecule has 0 saturated carbocycles. The van der Waals surface area contributed by atoms with E-state index in [0.717, 1.165) is 25.7 Å². The van der Waals surface area contributed by atoms with Crippen LogP contribution in [0.2, 0.25) is 0 Å². The summed E-state index contributed by atoms with van der Waals surface area (Å²) < 4.78 is 0. The molecule has 0 amide bonds. The lowest BCUT2D eigenvalue weighted by Gasteiger charge is -2.22. The molecule has 0 heterocycles. The highest BCUT2D eigenvalue weighted by Crippen LogP contribution is 2.33. The molecule has 0 N–H and O–H groups in total. The Bertz CT molecular complexity index is 617. The molecule has 0 aromatic heterocycles. The third kappa shape index (κ3) is 5.97. The Hall–Kier alpha value is -1.56. The first-order valence-corrected chi connectivity index (χ1v) is 11.8. The summed E-state index contributed by atoms with van der Waals surface area (Å²) in [6, 6.07) is 14.7. The molecule has 0 heteroatoms. The van der Waals surface area contributed by atoms with Gasteiger partial charge in [-0.05, 0) is 96.6 Å². The van der Waals surface area contributed by atoms with Gasteiger partial charge >= 0.3 is 0 Å². The Morgan fingerprint density at radius 3 is 0.964 bits per heavy atom. The van der Waals surface area contributed by atoms with Gasteiger partial charge in [-0.25, -0.2) is 0 Å². The summed E-state index contributed by atoms with van der Waals surface area (Å²) >= 11 is 0. The summed E-state index contributed by atoms with van der Waals surface area (Å²) in [5, 5.41) is 0. The SMILES string of the molecule is CCc1cc(CC)cc(C(CC)CCC(CC)c2cc(CC)cc(CC)c2)c1. The van der Waals surface area contributed by atoms with Crippen molar-refractivity contribution in [3.63, 3.8) is 0 Å². The molecule has 28 heavy (non-hydrogen) atoms. The Labute approximate surface area is 174 Å². The van der Waals surface area contributed by atoms with E-state index in [2.05, 4.69) is 77.9 Å². The third-order valence-corrected chi connectivity index (χ3v) is 6.57. The first-order valence-electron chi connectivity index (χ1n) is 11.8. The molecule has 0 saturated heterocycles. The average Bonchev–Trinajstić information content (AvgIpc) is 2.75. The van der Waals surface area contributed by atoms with Crippen molar-refractivity contribution in [1.82, 2.24) is 0 Å². The van der Waals surface area contributed by atoms with Crippen LogP contribution in [-0.2, 0) is 25.7 Å². The van der Waals surface area contributed by atoms with Crippen LogP contribution >= 0.6 is 0 Å². The van der Waals surface area contributed by atoms with Crippen molar-refractivity contribution in [2.24, 2.45) is 0 Å². The standard InChI is InChI=1S/C28H42/c1-7-21-15-22(8-2)18-27(17-21)25(11-5)13-14-26(12-6)28-19-23(9-3)16-24(10-4)20-28/h15-20,25-26H,7-14H2,1-6H3. The lowest BCUT2D eigenvalue weighted by atomic mass is 9.83. The zero-order chi connectivity index (χ0) is 20.5. The largest absolute Gasteiger partial charge is 0.0648 e. The first kappa shape index (κ1) is 22.7. The van der Waals surface area contributed by atoms with Crippen LogP contribution in [0.4, 0.5) is 0 Å². The number of hydrogen-bond acceptors (Lipinski definition) is 0. The van der Waals surface area contributed by atoms with Gasteiger partial charge in [0.1, 0.15) is 0 Å². The maximum absolute atomic E-state index is 2.47. The molecule has 0 bridgehead atoms. The summed E-state index contributed by atoms with van der Waals surface area (Å²) in [7, 11) is 0. The van der Waals surface area contributed by atoms with Crippen molar-refractivity contribution in [3.05, 3.63) is 69.8 Å². The normalized spacial score (nSPS) is 13.5. The van der Waals surface area contributed by atoms with Crippen LogP contribution in [0.25, 0.3) is 0 Å². The first-order chi connectivity index (χ1) is 13.6. The van der Waals surface area contributed by atoms with E-state index >= 15 is 0 Å². The summed E-state index contributed by atoms with van der Waals surface area (Å²) in [6.45, 7) is 13.8. The maximum Gasteiger partial charge on any atom is -0.0164 e. The van der Waals surface area contributed by atoms with Crippen LogP contribution in [0.15, 0.2) is 36.4 Å². The second kappa shape index (κ2) is 11.4. The molecule has 0 aliphatic heterocycles. The monoisotopic (exact) mass is 378 g/mol. The molecule has 2 rings (SSSR count). The predicted octanol–water partition coefficient (Wildman–Crippen LogP) is 8.40. The summed E-state index contributed by atoms with van der Waals surface area (Å²) in [4.78, 5) is 0. The van der Waals surface area contributed by atoms with Crippen LogP contribution in [0.1, 0.15) is 112 Å². The van der Waals surface area contributed by atoms with Crippen molar-refractivity contribution < 1.29 is 0 Å². The number of rotatable bonds is 11. The number of benzene rings is 2. The molecule has 2 aromatic rings. The fourth-order valence-electron chi connectivity index (χ4n) is 4.49. The quantitative estimate of drug-likeness (QED) is 0.368. The van der Waals surface area contributed by atoms with E-state index in [1.165, 1.54) is 47.9 Å². The zero-order valence-corrected chi connectivity index (χ0v) is 19.3. The van der Waals surface area contributed by atoms with Gasteiger partial charge in [0.25, 0.3) is 0 Å². The van der Waals surface area contributed by atoms with Crippen molar-refractivity contribution in [1.29, 1.82) is 0 Å². The molecule has 0 nitrogen and oxygen atoms in total. The van der Waals surface area contributed by atoms with E-state index in [9.17, 15) is 0 Å². The van der Waals surface area contributed by atoms with Gasteiger partial charge in [0.05, 0.1) is 0 Å². The minimum atomic E-state index is 0.686. The van der Waals surface area contributed by atoms with Gasteiger partial charge in [-0.2, -0.15) is 0 Å². The molecule has 0 spiro atoms. The molecule has 0 aliphatic rings. The fraction of sp³-hybridized carbons (Fsp3) is 0.571. The molecular formula is C28H42. The van der Waals surface area contributed by atoms with Crippen LogP contribution in [0.5, 0.6) is 0 Å². The molecule has 154 valence electrons. The van der Waals surface area contributed by atoms with E-state index in [-0.39, 0.29) is 0 Å². The van der Waals surface area contributed by atoms with Crippen LogP contribution in [-0.4, -0.2) is 0 Å². The lowest BCUT2D eigenvalue weighted by molar-refractivity contribution is 0.507. The minimum Gasteiger partial charge on any atom is -0.0648 e. The van der Waals surface area contributed by atoms with E-state index < -0.39 is 0 Å². The van der Waals surface area contributed by atoms with Crippen molar-refractivity contribution >= 4 is 0 Å². The molecule has 2 unspecified atom stereocenters. The lowest BCUT2D eigenvalue weighted by Crippen LogP contribution is -2.05. The second-order valence-electron chi connectivity index (χ2n) is 8.37. The van der Waals surface area contributed by atoms with E-state index in [0.29, 0.717) is 11.8 Å². The fourth-order valence-corrected chi connectivity index (χ4v) is 4.49. The van der Waals surface area contributed by atoms with Crippen LogP contribution < -0.4 is 0 Å². The van der Waals surface area contributed by atoms with Crippen LogP contribution in [0.3, 0.4) is 0 Å². The Balaban J connectivity index is 2.19. The van der Waals surface area contributed by atoms with Crippen LogP contribution in [0, 0.1) is 0 Å². The maximum atomic E-state index is 2.47. The zero-order valence-electron chi connectivity index (χ0n) is 19.3. The molecule has 2 aromatic carbocycles. The van der Waals surface area contributed by atoms with Gasteiger partial charge in [0.2, 0.25) is 0 Å². The van der Waals surface area contributed by atoms with Crippen molar-refractivity contribution in [2.75, 3.05) is 0 Å². The Morgan fingerprint density at radius 1 is 0.464 bits per heavy atom. The molecule has 0 radical (unpaired) electrons. The van der Waals surface area contributed by atoms with Gasteiger partial charge < -0.3 is 0 Å². The summed E-state index contributed by atoms with van der Waals surface area (Å²) in [5.41, 5.74) is 9.16. The Morgan fingerprint density at radius 2 is 0.750 bits per heavy atom. The van der Waals surface area contributed by atoms with Crippen molar-refractivity contribution in [3.8, 4) is 0 Å². The molecule has 0 fully saturated rings. The number of aryl methyl sites for hydroxylation is 4. The van der Waals surface area contributed by atoms with E-state index in [1.54, 1.807) is 11.1 Å². The average molecular weight is 379 g/mol. The highest BCUT2D eigenvalue weighted by Gasteiger charge is 2.16. The topological polar surface area (TPSA) is 0 Å². The molecular weight excluding hydrogens is 336 g/mol. The van der Waals surface area contributed by atoms with E-state index in [4.69, 9.17) is 0 Å². The smallest absolute Gasteiger partial charge is 0.0164 e. The molecule has 2 atom stereocenters. The highest BCUT2D eigenvalue weighted by atomic mass is 14.2. The summed E-state index contributed by atoms with van der Waals surface area (Å²) in [6.07, 6.45) is 9.62. The summed E-state index contributed by atoms with van der Waals surface area (Å²) in [5.74, 6) is 1.37. The highest BCUT2D eigenvalue weighted by molar-refractivity contribution is 5.34. The second-order valence-corrected chi connectivity index (χ2v) is 8.37. The van der Waals surface area contributed by atoms with Crippen molar-refractivity contribution in [2.45, 2.75) is 105 Å². The van der Waals surface area contributed by atoms with Gasteiger partial charge in [0.15, 0.2) is 0 Å². The van der Waals surface area contributed by atoms with Gasteiger partial charge in [-0.3, -0.25) is 0 Å².